The molecule has 1 aliphatic rings. The first-order chi connectivity index (χ1) is 15.5. The summed E-state index contributed by atoms with van der Waals surface area (Å²) in [6.45, 7) is 6.78. The van der Waals surface area contributed by atoms with Gasteiger partial charge in [0.2, 0.25) is 0 Å². The van der Waals surface area contributed by atoms with Gasteiger partial charge in [-0.2, -0.15) is 0 Å². The van der Waals surface area contributed by atoms with Crippen LogP contribution in [0.15, 0.2) is 54.3 Å². The Morgan fingerprint density at radius 2 is 1.69 bits per heavy atom. The summed E-state index contributed by atoms with van der Waals surface area (Å²) in [5, 5.41) is 10.8. The minimum Gasteiger partial charge on any atom is -0.512 e. The van der Waals surface area contributed by atoms with Crippen molar-refractivity contribution >= 4 is 28.3 Å². The predicted molar refractivity (Wildman–Crippen MR) is 131 cm³/mol. The van der Waals surface area contributed by atoms with Crippen LogP contribution < -0.4 is 0 Å². The smallest absolute Gasteiger partial charge is 0.160 e. The standard InChI is InChI=1S/C27H26ClN3O/c1-4-24-30-26-16(2)25(28)17(3)29-27(26)31(24)15-18-9-11-19(12-10-18)20-7-5-6-8-21(20)22-13-14-23(22)32/h5-12,32H,4,13-15H2,1-3H3. The lowest BCUT2D eigenvalue weighted by Crippen LogP contribution is -2.06. The number of nitrogens with zero attached hydrogens (tertiary/aromatic N) is 3. The number of aromatic nitrogens is 3. The summed E-state index contributed by atoms with van der Waals surface area (Å²) >= 11 is 6.43. The van der Waals surface area contributed by atoms with Crippen LogP contribution in [0.1, 0.15) is 48.0 Å². The van der Waals surface area contributed by atoms with Gasteiger partial charge in [0.15, 0.2) is 5.65 Å². The number of hydrogen-bond acceptors (Lipinski definition) is 3. The summed E-state index contributed by atoms with van der Waals surface area (Å²) in [5.74, 6) is 1.53. The molecule has 0 saturated heterocycles. The molecule has 5 heteroatoms. The molecule has 4 nitrogen and oxygen atoms in total. The molecular formula is C27H26ClN3O. The molecule has 0 radical (unpaired) electrons. The van der Waals surface area contributed by atoms with Crippen LogP contribution in [0.5, 0.6) is 0 Å². The average Bonchev–Trinajstić information content (AvgIpc) is 3.14. The third-order valence-corrected chi connectivity index (χ3v) is 6.99. The number of allylic oxidation sites excluding steroid dienone is 2. The third-order valence-electron chi connectivity index (χ3n) is 6.43. The Kier molecular flexibility index (Phi) is 5.26. The van der Waals surface area contributed by atoms with Gasteiger partial charge in [-0.15, -0.1) is 0 Å². The topological polar surface area (TPSA) is 50.9 Å². The van der Waals surface area contributed by atoms with E-state index >= 15 is 0 Å². The molecule has 162 valence electrons. The number of halogens is 1. The molecule has 2 aromatic carbocycles. The van der Waals surface area contributed by atoms with E-state index in [9.17, 15) is 5.11 Å². The fourth-order valence-electron chi connectivity index (χ4n) is 4.50. The van der Waals surface area contributed by atoms with Crippen LogP contribution in [0.4, 0.5) is 0 Å². The van der Waals surface area contributed by atoms with Gasteiger partial charge < -0.3 is 9.67 Å². The number of aliphatic hydroxyl groups is 1. The van der Waals surface area contributed by atoms with E-state index in [1.807, 2.05) is 19.9 Å². The lowest BCUT2D eigenvalue weighted by atomic mass is 9.85. The molecule has 0 atom stereocenters. The van der Waals surface area contributed by atoms with Crippen LogP contribution >= 0.6 is 11.6 Å². The maximum absolute atomic E-state index is 10.1. The zero-order valence-corrected chi connectivity index (χ0v) is 19.4. The molecule has 1 aliphatic carbocycles. The zero-order valence-electron chi connectivity index (χ0n) is 18.6. The molecule has 2 heterocycles. The largest absolute Gasteiger partial charge is 0.512 e. The van der Waals surface area contributed by atoms with E-state index in [0.29, 0.717) is 17.3 Å². The molecular weight excluding hydrogens is 418 g/mol. The van der Waals surface area contributed by atoms with Crippen LogP contribution in [0.25, 0.3) is 27.9 Å². The van der Waals surface area contributed by atoms with Gasteiger partial charge >= 0.3 is 0 Å². The highest BCUT2D eigenvalue weighted by atomic mass is 35.5. The summed E-state index contributed by atoms with van der Waals surface area (Å²) in [7, 11) is 0. The Morgan fingerprint density at radius 3 is 2.31 bits per heavy atom. The molecule has 32 heavy (non-hydrogen) atoms. The monoisotopic (exact) mass is 443 g/mol. The van der Waals surface area contributed by atoms with E-state index in [4.69, 9.17) is 21.6 Å². The molecule has 0 spiro atoms. The zero-order chi connectivity index (χ0) is 22.4. The van der Waals surface area contributed by atoms with Gasteiger partial charge in [0.25, 0.3) is 0 Å². The van der Waals surface area contributed by atoms with Gasteiger partial charge in [-0.05, 0) is 53.7 Å². The molecule has 5 rings (SSSR count). The van der Waals surface area contributed by atoms with Crippen molar-refractivity contribution in [3.05, 3.63) is 87.5 Å². The number of aryl methyl sites for hydroxylation is 3. The van der Waals surface area contributed by atoms with Crippen LogP contribution in [-0.2, 0) is 13.0 Å². The van der Waals surface area contributed by atoms with Crippen LogP contribution in [0, 0.1) is 13.8 Å². The van der Waals surface area contributed by atoms with Crippen molar-refractivity contribution in [1.29, 1.82) is 0 Å². The minimum atomic E-state index is 0.520. The molecule has 0 fully saturated rings. The van der Waals surface area contributed by atoms with Gasteiger partial charge in [0.1, 0.15) is 11.3 Å². The highest BCUT2D eigenvalue weighted by molar-refractivity contribution is 6.32. The third kappa shape index (κ3) is 3.39. The minimum absolute atomic E-state index is 0.520. The quantitative estimate of drug-likeness (QED) is 0.359. The molecule has 4 aromatic rings. The second-order valence-electron chi connectivity index (χ2n) is 8.44. The normalized spacial score (nSPS) is 13.6. The van der Waals surface area contributed by atoms with E-state index in [1.54, 1.807) is 0 Å². The fourth-order valence-corrected chi connectivity index (χ4v) is 4.63. The van der Waals surface area contributed by atoms with Crippen molar-refractivity contribution < 1.29 is 5.11 Å². The Balaban J connectivity index is 1.51. The highest BCUT2D eigenvalue weighted by Gasteiger charge is 2.21. The van der Waals surface area contributed by atoms with Gasteiger partial charge in [0, 0.05) is 12.8 Å². The van der Waals surface area contributed by atoms with Crippen molar-refractivity contribution in [2.24, 2.45) is 0 Å². The lowest BCUT2D eigenvalue weighted by molar-refractivity contribution is 0.372. The van der Waals surface area contributed by atoms with E-state index in [1.165, 1.54) is 5.56 Å². The summed E-state index contributed by atoms with van der Waals surface area (Å²) in [6.07, 6.45) is 2.54. The molecule has 0 aliphatic heterocycles. The Bertz CT molecular complexity index is 1370. The average molecular weight is 444 g/mol. The lowest BCUT2D eigenvalue weighted by Gasteiger charge is -2.21. The molecule has 0 amide bonds. The number of benzene rings is 2. The number of hydrogen-bond donors (Lipinski definition) is 1. The van der Waals surface area contributed by atoms with Crippen LogP contribution in [0.3, 0.4) is 0 Å². The van der Waals surface area contributed by atoms with Gasteiger partial charge in [0.05, 0.1) is 23.0 Å². The van der Waals surface area contributed by atoms with Gasteiger partial charge in [-0.1, -0.05) is 67.1 Å². The fraction of sp³-hybridized carbons (Fsp3) is 0.259. The summed E-state index contributed by atoms with van der Waals surface area (Å²) in [4.78, 5) is 9.59. The number of pyridine rings is 1. The summed E-state index contributed by atoms with van der Waals surface area (Å²) < 4.78 is 2.20. The first-order valence-electron chi connectivity index (χ1n) is 11.1. The van der Waals surface area contributed by atoms with E-state index in [0.717, 1.165) is 69.8 Å². The predicted octanol–water partition coefficient (Wildman–Crippen LogP) is 7.04. The number of rotatable bonds is 5. The number of fused-ring (bicyclic) bond motifs is 1. The maximum atomic E-state index is 10.1. The molecule has 0 saturated carbocycles. The Morgan fingerprint density at radius 1 is 0.969 bits per heavy atom. The molecule has 2 aromatic heterocycles. The number of imidazole rings is 1. The van der Waals surface area contributed by atoms with E-state index in [2.05, 4.69) is 54.0 Å². The van der Waals surface area contributed by atoms with E-state index < -0.39 is 0 Å². The Labute approximate surface area is 193 Å². The van der Waals surface area contributed by atoms with Crippen LogP contribution in [0.2, 0.25) is 5.02 Å². The SMILES string of the molecule is CCc1nc2c(C)c(Cl)c(C)nc2n1Cc1ccc(-c2ccccc2C2=C(O)CC2)cc1. The van der Waals surface area contributed by atoms with Gasteiger partial charge in [-0.3, -0.25) is 0 Å². The van der Waals surface area contributed by atoms with Crippen molar-refractivity contribution in [2.75, 3.05) is 0 Å². The van der Waals surface area contributed by atoms with Crippen molar-refractivity contribution in [3.8, 4) is 11.1 Å². The Hall–Kier alpha value is -3.11. The second kappa shape index (κ2) is 8.10. The van der Waals surface area contributed by atoms with Crippen LogP contribution in [-0.4, -0.2) is 19.6 Å². The van der Waals surface area contributed by atoms with Crippen molar-refractivity contribution in [1.82, 2.24) is 14.5 Å². The maximum Gasteiger partial charge on any atom is 0.160 e. The first-order valence-corrected chi connectivity index (χ1v) is 11.5. The van der Waals surface area contributed by atoms with Gasteiger partial charge in [-0.25, -0.2) is 9.97 Å². The second-order valence-corrected chi connectivity index (χ2v) is 8.82. The first kappa shape index (κ1) is 20.8. The molecule has 0 unspecified atom stereocenters. The number of aliphatic hydroxyl groups excluding tert-OH is 1. The highest BCUT2D eigenvalue weighted by Crippen LogP contribution is 2.39. The summed E-state index contributed by atoms with van der Waals surface area (Å²) in [5.41, 5.74) is 9.30. The van der Waals surface area contributed by atoms with Crippen molar-refractivity contribution in [3.63, 3.8) is 0 Å². The van der Waals surface area contributed by atoms with E-state index in [-0.39, 0.29) is 0 Å². The molecule has 1 N–H and O–H groups in total. The molecule has 0 bridgehead atoms. The summed E-state index contributed by atoms with van der Waals surface area (Å²) in [6, 6.07) is 17.0. The van der Waals surface area contributed by atoms with Crippen molar-refractivity contribution in [2.45, 2.75) is 46.6 Å².